The van der Waals surface area contributed by atoms with Crippen molar-refractivity contribution in [3.63, 3.8) is 0 Å². The van der Waals surface area contributed by atoms with E-state index in [2.05, 4.69) is 16.0 Å². The quantitative estimate of drug-likeness (QED) is 0.761. The van der Waals surface area contributed by atoms with Gasteiger partial charge in [-0.1, -0.05) is 48.0 Å². The van der Waals surface area contributed by atoms with Gasteiger partial charge in [0.25, 0.3) is 5.91 Å². The molecule has 0 atom stereocenters. The maximum Gasteiger partial charge on any atom is 0.270 e. The molecule has 0 spiro atoms. The number of amides is 1. The Hall–Kier alpha value is -2.30. The van der Waals surface area contributed by atoms with Crippen molar-refractivity contribution in [3.8, 4) is 0 Å². The first-order valence-corrected chi connectivity index (χ1v) is 9.41. The molecule has 4 rings (SSSR count). The Kier molecular flexibility index (Phi) is 4.96. The van der Waals surface area contributed by atoms with Gasteiger partial charge in [0.2, 0.25) is 0 Å². The Bertz CT molecular complexity index is 879. The lowest BCUT2D eigenvalue weighted by Crippen LogP contribution is -2.49. The third kappa shape index (κ3) is 3.62. The van der Waals surface area contributed by atoms with Crippen molar-refractivity contribution in [2.45, 2.75) is 6.42 Å². The average molecular weight is 368 g/mol. The molecule has 1 saturated heterocycles. The summed E-state index contributed by atoms with van der Waals surface area (Å²) in [5.74, 6) is 0.0898. The van der Waals surface area contributed by atoms with E-state index >= 15 is 0 Å². The van der Waals surface area contributed by atoms with E-state index in [0.717, 1.165) is 55.1 Å². The van der Waals surface area contributed by atoms with E-state index < -0.39 is 0 Å². The van der Waals surface area contributed by atoms with Crippen LogP contribution in [0.3, 0.4) is 0 Å². The fourth-order valence-corrected chi connectivity index (χ4v) is 3.74. The van der Waals surface area contributed by atoms with Crippen LogP contribution in [-0.4, -0.2) is 53.4 Å². The van der Waals surface area contributed by atoms with Crippen molar-refractivity contribution in [3.05, 3.63) is 70.9 Å². The molecular formula is C21H22ClN3O. The number of nitrogens with zero attached hydrogens (tertiary/aromatic N) is 2. The van der Waals surface area contributed by atoms with Crippen molar-refractivity contribution < 1.29 is 4.79 Å². The number of fused-ring (bicyclic) bond motifs is 1. The van der Waals surface area contributed by atoms with Crippen molar-refractivity contribution in [1.82, 2.24) is 14.8 Å². The van der Waals surface area contributed by atoms with Gasteiger partial charge in [-0.25, -0.2) is 0 Å². The largest absolute Gasteiger partial charge is 0.351 e. The number of piperazine rings is 1. The number of halogens is 1. The molecule has 0 aliphatic carbocycles. The predicted molar refractivity (Wildman–Crippen MR) is 106 cm³/mol. The summed E-state index contributed by atoms with van der Waals surface area (Å²) in [7, 11) is 0. The van der Waals surface area contributed by atoms with E-state index in [1.165, 1.54) is 5.56 Å². The molecule has 2 aromatic carbocycles. The van der Waals surface area contributed by atoms with Crippen LogP contribution >= 0.6 is 11.6 Å². The topological polar surface area (TPSA) is 39.3 Å². The Morgan fingerprint density at radius 2 is 1.73 bits per heavy atom. The number of carbonyl (C=O) groups excluding carboxylic acids is 1. The van der Waals surface area contributed by atoms with E-state index in [1.807, 2.05) is 53.4 Å². The van der Waals surface area contributed by atoms with E-state index in [1.54, 1.807) is 0 Å². The lowest BCUT2D eigenvalue weighted by molar-refractivity contribution is 0.0633. The molecule has 26 heavy (non-hydrogen) atoms. The Morgan fingerprint density at radius 3 is 2.50 bits per heavy atom. The van der Waals surface area contributed by atoms with Gasteiger partial charge in [-0.3, -0.25) is 9.69 Å². The van der Waals surface area contributed by atoms with Crippen LogP contribution in [0.1, 0.15) is 16.1 Å². The number of carbonyl (C=O) groups is 1. The summed E-state index contributed by atoms with van der Waals surface area (Å²) in [6.07, 6.45) is 0.940. The molecule has 0 saturated carbocycles. The summed E-state index contributed by atoms with van der Waals surface area (Å²) in [5.41, 5.74) is 2.87. The van der Waals surface area contributed by atoms with Crippen LogP contribution < -0.4 is 0 Å². The van der Waals surface area contributed by atoms with Crippen LogP contribution in [0.25, 0.3) is 10.9 Å². The molecule has 0 bridgehead atoms. The SMILES string of the molecule is O=C(c1cc2ccccc2[nH]1)N1CCN(CCc2ccccc2Cl)CC1. The first-order valence-electron chi connectivity index (χ1n) is 9.03. The van der Waals surface area contributed by atoms with Gasteiger partial charge >= 0.3 is 0 Å². The zero-order chi connectivity index (χ0) is 17.9. The minimum absolute atomic E-state index is 0.0898. The van der Waals surface area contributed by atoms with Gasteiger partial charge in [-0.2, -0.15) is 0 Å². The Balaban J connectivity index is 1.33. The van der Waals surface area contributed by atoms with Crippen molar-refractivity contribution in [2.75, 3.05) is 32.7 Å². The first-order chi connectivity index (χ1) is 12.7. The zero-order valence-electron chi connectivity index (χ0n) is 14.6. The molecule has 1 aliphatic rings. The fraction of sp³-hybridized carbons (Fsp3) is 0.286. The zero-order valence-corrected chi connectivity index (χ0v) is 15.4. The maximum absolute atomic E-state index is 12.8. The number of hydrogen-bond donors (Lipinski definition) is 1. The van der Waals surface area contributed by atoms with Crippen LogP contribution in [0.5, 0.6) is 0 Å². The summed E-state index contributed by atoms with van der Waals surface area (Å²) in [5, 5.41) is 1.91. The van der Waals surface area contributed by atoms with Crippen molar-refractivity contribution in [1.29, 1.82) is 0 Å². The van der Waals surface area contributed by atoms with Gasteiger partial charge in [0.15, 0.2) is 0 Å². The fourth-order valence-electron chi connectivity index (χ4n) is 3.51. The highest BCUT2D eigenvalue weighted by atomic mass is 35.5. The minimum atomic E-state index is 0.0898. The highest BCUT2D eigenvalue weighted by molar-refractivity contribution is 6.31. The minimum Gasteiger partial charge on any atom is -0.351 e. The number of rotatable bonds is 4. The molecule has 4 nitrogen and oxygen atoms in total. The van der Waals surface area contributed by atoms with Gasteiger partial charge in [0, 0.05) is 48.6 Å². The highest BCUT2D eigenvalue weighted by Crippen LogP contribution is 2.18. The highest BCUT2D eigenvalue weighted by Gasteiger charge is 2.23. The number of para-hydroxylation sites is 1. The molecule has 3 aromatic rings. The summed E-state index contributed by atoms with van der Waals surface area (Å²) in [4.78, 5) is 20.3. The second kappa shape index (κ2) is 7.52. The molecule has 1 aromatic heterocycles. The number of H-pyrrole nitrogens is 1. The van der Waals surface area contributed by atoms with Crippen LogP contribution in [0.4, 0.5) is 0 Å². The molecule has 0 unspecified atom stereocenters. The third-order valence-corrected chi connectivity index (χ3v) is 5.44. The second-order valence-corrected chi connectivity index (χ2v) is 7.15. The number of hydrogen-bond acceptors (Lipinski definition) is 2. The lowest BCUT2D eigenvalue weighted by atomic mass is 10.1. The van der Waals surface area contributed by atoms with E-state index in [4.69, 9.17) is 11.6 Å². The molecule has 1 N–H and O–H groups in total. The number of benzene rings is 2. The smallest absolute Gasteiger partial charge is 0.270 e. The van der Waals surface area contributed by atoms with Crippen LogP contribution in [-0.2, 0) is 6.42 Å². The van der Waals surface area contributed by atoms with Gasteiger partial charge in [-0.15, -0.1) is 0 Å². The third-order valence-electron chi connectivity index (χ3n) is 5.08. The van der Waals surface area contributed by atoms with E-state index in [9.17, 15) is 4.79 Å². The molecule has 5 heteroatoms. The summed E-state index contributed by atoms with van der Waals surface area (Å²) < 4.78 is 0. The summed E-state index contributed by atoms with van der Waals surface area (Å²) in [6, 6.07) is 17.9. The van der Waals surface area contributed by atoms with Crippen LogP contribution in [0, 0.1) is 0 Å². The predicted octanol–water partition coefficient (Wildman–Crippen LogP) is 3.82. The molecule has 134 valence electrons. The summed E-state index contributed by atoms with van der Waals surface area (Å²) >= 11 is 6.23. The normalized spacial score (nSPS) is 15.5. The standard InChI is InChI=1S/C21H22ClN3O/c22-18-7-3-1-5-16(18)9-10-24-11-13-25(14-12-24)21(26)20-15-17-6-2-4-8-19(17)23-20/h1-8,15,23H,9-14H2. The molecule has 2 heterocycles. The van der Waals surface area contributed by atoms with E-state index in [-0.39, 0.29) is 5.91 Å². The van der Waals surface area contributed by atoms with Gasteiger partial charge < -0.3 is 9.88 Å². The Labute approximate surface area is 158 Å². The number of aromatic nitrogens is 1. The monoisotopic (exact) mass is 367 g/mol. The number of nitrogens with one attached hydrogen (secondary N) is 1. The molecule has 1 aliphatic heterocycles. The first kappa shape index (κ1) is 17.1. The van der Waals surface area contributed by atoms with Crippen molar-refractivity contribution >= 4 is 28.4 Å². The molecule has 1 amide bonds. The number of aromatic amines is 1. The molecular weight excluding hydrogens is 346 g/mol. The second-order valence-electron chi connectivity index (χ2n) is 6.75. The van der Waals surface area contributed by atoms with Gasteiger partial charge in [0.05, 0.1) is 0 Å². The van der Waals surface area contributed by atoms with Gasteiger partial charge in [-0.05, 0) is 30.2 Å². The Morgan fingerprint density at radius 1 is 1.00 bits per heavy atom. The summed E-state index contributed by atoms with van der Waals surface area (Å²) in [6.45, 7) is 4.29. The maximum atomic E-state index is 12.8. The van der Waals surface area contributed by atoms with E-state index in [0.29, 0.717) is 5.69 Å². The van der Waals surface area contributed by atoms with Gasteiger partial charge in [0.1, 0.15) is 5.69 Å². The molecule has 1 fully saturated rings. The average Bonchev–Trinajstić information content (AvgIpc) is 3.11. The van der Waals surface area contributed by atoms with Crippen molar-refractivity contribution in [2.24, 2.45) is 0 Å². The lowest BCUT2D eigenvalue weighted by Gasteiger charge is -2.34. The van der Waals surface area contributed by atoms with Crippen LogP contribution in [0.15, 0.2) is 54.6 Å². The molecule has 0 radical (unpaired) electrons. The van der Waals surface area contributed by atoms with Crippen LogP contribution in [0.2, 0.25) is 5.02 Å².